The normalized spacial score (nSPS) is 10.2. The largest absolute Gasteiger partial charge is 0.269 e. The summed E-state index contributed by atoms with van der Waals surface area (Å²) < 4.78 is 26.0. The highest BCUT2D eigenvalue weighted by Crippen LogP contribution is 2.08. The molecule has 0 saturated carbocycles. The zero-order valence-electron chi connectivity index (χ0n) is 10.9. The third-order valence-electron chi connectivity index (χ3n) is 2.39. The molecule has 0 spiro atoms. The van der Waals surface area contributed by atoms with E-state index in [9.17, 15) is 13.6 Å². The van der Waals surface area contributed by atoms with Crippen molar-refractivity contribution >= 4 is 11.9 Å². The van der Waals surface area contributed by atoms with Crippen molar-refractivity contribution in [2.45, 2.75) is 13.8 Å². The number of hydrogen-bond acceptors (Lipinski definition) is 4. The van der Waals surface area contributed by atoms with Gasteiger partial charge in [-0.15, -0.1) is 0 Å². The highest BCUT2D eigenvalue weighted by molar-refractivity contribution is 5.94. The fourth-order valence-electron chi connectivity index (χ4n) is 1.65. The summed E-state index contributed by atoms with van der Waals surface area (Å²) in [5.41, 5.74) is 6.09. The number of amides is 1. The quantitative estimate of drug-likeness (QED) is 0.844. The molecule has 1 aromatic heterocycles. The maximum Gasteiger partial charge on any atom is 0.269 e. The number of nitrogens with zero attached hydrogens (tertiary/aromatic N) is 2. The third kappa shape index (κ3) is 3.47. The molecule has 0 radical (unpaired) electrons. The molecule has 0 aliphatic carbocycles. The van der Waals surface area contributed by atoms with Crippen LogP contribution in [-0.2, 0) is 0 Å². The van der Waals surface area contributed by atoms with Crippen LogP contribution < -0.4 is 10.9 Å². The van der Waals surface area contributed by atoms with Gasteiger partial charge in [0.25, 0.3) is 5.91 Å². The zero-order valence-corrected chi connectivity index (χ0v) is 10.9. The van der Waals surface area contributed by atoms with Gasteiger partial charge in [-0.1, -0.05) is 0 Å². The van der Waals surface area contributed by atoms with Crippen LogP contribution in [0.4, 0.5) is 14.7 Å². The van der Waals surface area contributed by atoms with Gasteiger partial charge in [0.2, 0.25) is 5.95 Å². The van der Waals surface area contributed by atoms with Gasteiger partial charge in [0, 0.05) is 23.0 Å². The van der Waals surface area contributed by atoms with Crippen molar-refractivity contribution in [3.8, 4) is 0 Å². The van der Waals surface area contributed by atoms with Crippen LogP contribution in [0.1, 0.15) is 21.7 Å². The van der Waals surface area contributed by atoms with E-state index in [0.717, 1.165) is 23.5 Å². The molecule has 0 bridgehead atoms. The molecule has 104 valence electrons. The van der Waals surface area contributed by atoms with Crippen LogP contribution in [0, 0.1) is 25.5 Å². The smallest absolute Gasteiger partial charge is 0.267 e. The number of carbonyl (C=O) groups excluding carboxylic acids is 1. The van der Waals surface area contributed by atoms with E-state index in [1.807, 2.05) is 0 Å². The maximum atomic E-state index is 13.0. The van der Waals surface area contributed by atoms with Gasteiger partial charge in [-0.3, -0.25) is 15.6 Å². The molecule has 0 saturated heterocycles. The molecule has 2 N–H and O–H groups in total. The Bertz CT molecular complexity index is 620. The van der Waals surface area contributed by atoms with E-state index < -0.39 is 17.5 Å². The van der Waals surface area contributed by atoms with Gasteiger partial charge in [0.05, 0.1) is 0 Å². The Morgan fingerprint density at radius 2 is 1.55 bits per heavy atom. The summed E-state index contributed by atoms with van der Waals surface area (Å²) >= 11 is 0. The highest BCUT2D eigenvalue weighted by Gasteiger charge is 2.09. The Hall–Kier alpha value is -2.57. The predicted molar refractivity (Wildman–Crippen MR) is 69.0 cm³/mol. The van der Waals surface area contributed by atoms with Crippen molar-refractivity contribution in [2.24, 2.45) is 0 Å². The van der Waals surface area contributed by atoms with Gasteiger partial charge in [-0.2, -0.15) is 0 Å². The Kier molecular flexibility index (Phi) is 3.88. The van der Waals surface area contributed by atoms with E-state index in [1.165, 1.54) is 0 Å². The van der Waals surface area contributed by atoms with Crippen LogP contribution in [0.5, 0.6) is 0 Å². The van der Waals surface area contributed by atoms with Gasteiger partial charge < -0.3 is 0 Å². The summed E-state index contributed by atoms with van der Waals surface area (Å²) in [5, 5.41) is 0. The molecule has 7 heteroatoms. The molecule has 20 heavy (non-hydrogen) atoms. The minimum absolute atomic E-state index is 0.139. The molecule has 1 amide bonds. The first-order valence-corrected chi connectivity index (χ1v) is 5.79. The number of rotatable bonds is 3. The maximum absolute atomic E-state index is 13.0. The first-order chi connectivity index (χ1) is 9.44. The number of aryl methyl sites for hydroxylation is 2. The van der Waals surface area contributed by atoms with Crippen molar-refractivity contribution in [3.05, 3.63) is 52.9 Å². The zero-order chi connectivity index (χ0) is 14.7. The molecule has 0 fully saturated rings. The van der Waals surface area contributed by atoms with Crippen molar-refractivity contribution in [1.82, 2.24) is 15.4 Å². The Morgan fingerprint density at radius 3 is 2.10 bits per heavy atom. The van der Waals surface area contributed by atoms with Gasteiger partial charge in [-0.05, 0) is 32.0 Å². The molecule has 2 aromatic rings. The van der Waals surface area contributed by atoms with E-state index >= 15 is 0 Å². The molecule has 1 aromatic carbocycles. The molecule has 5 nitrogen and oxygen atoms in total. The fraction of sp³-hybridized carbons (Fsp3) is 0.154. The van der Waals surface area contributed by atoms with Crippen molar-refractivity contribution in [3.63, 3.8) is 0 Å². The topological polar surface area (TPSA) is 66.9 Å². The van der Waals surface area contributed by atoms with Crippen molar-refractivity contribution in [1.29, 1.82) is 0 Å². The Balaban J connectivity index is 2.08. The monoisotopic (exact) mass is 278 g/mol. The molecular weight excluding hydrogens is 266 g/mol. The van der Waals surface area contributed by atoms with E-state index in [1.54, 1.807) is 19.9 Å². The molecule has 0 aliphatic heterocycles. The predicted octanol–water partition coefficient (Wildman–Crippen LogP) is 2.13. The van der Waals surface area contributed by atoms with E-state index in [-0.39, 0.29) is 11.5 Å². The average molecular weight is 278 g/mol. The van der Waals surface area contributed by atoms with E-state index in [4.69, 9.17) is 0 Å². The number of benzene rings is 1. The minimum atomic E-state index is -0.821. The fourth-order valence-corrected chi connectivity index (χ4v) is 1.65. The third-order valence-corrected chi connectivity index (χ3v) is 2.39. The van der Waals surface area contributed by atoms with Gasteiger partial charge in [-0.25, -0.2) is 18.7 Å². The highest BCUT2D eigenvalue weighted by atomic mass is 19.1. The van der Waals surface area contributed by atoms with E-state index in [2.05, 4.69) is 20.8 Å². The molecule has 1 heterocycles. The first kappa shape index (κ1) is 13.9. The van der Waals surface area contributed by atoms with Crippen LogP contribution in [0.15, 0.2) is 24.3 Å². The standard InChI is InChI=1S/C13H12F2N4O/c1-7-3-8(2)17-13(16-7)19-18-12(20)9-4-10(14)6-11(15)5-9/h3-6H,1-2H3,(H,18,20)(H,16,17,19). The minimum Gasteiger partial charge on any atom is -0.267 e. The second-order valence-corrected chi connectivity index (χ2v) is 4.21. The number of hydrogen-bond donors (Lipinski definition) is 2. The molecule has 2 rings (SSSR count). The lowest BCUT2D eigenvalue weighted by molar-refractivity contribution is 0.0961. The first-order valence-electron chi connectivity index (χ1n) is 5.79. The lowest BCUT2D eigenvalue weighted by Crippen LogP contribution is -2.30. The van der Waals surface area contributed by atoms with Crippen LogP contribution >= 0.6 is 0 Å². The van der Waals surface area contributed by atoms with Gasteiger partial charge >= 0.3 is 0 Å². The Labute approximate surface area is 114 Å². The van der Waals surface area contributed by atoms with Crippen molar-refractivity contribution in [2.75, 3.05) is 5.43 Å². The number of carbonyl (C=O) groups is 1. The van der Waals surface area contributed by atoms with Crippen molar-refractivity contribution < 1.29 is 13.6 Å². The number of halogens is 2. The van der Waals surface area contributed by atoms with Gasteiger partial charge in [0.15, 0.2) is 0 Å². The summed E-state index contributed by atoms with van der Waals surface area (Å²) in [6.45, 7) is 3.56. The number of nitrogens with one attached hydrogen (secondary N) is 2. The second kappa shape index (κ2) is 5.60. The lowest BCUT2D eigenvalue weighted by atomic mass is 10.2. The van der Waals surface area contributed by atoms with Gasteiger partial charge in [0.1, 0.15) is 11.6 Å². The van der Waals surface area contributed by atoms with Crippen LogP contribution in [0.2, 0.25) is 0 Å². The molecule has 0 atom stereocenters. The summed E-state index contributed by atoms with van der Waals surface area (Å²) in [6, 6.07) is 4.33. The molecule has 0 unspecified atom stereocenters. The molecule has 0 aliphatic rings. The summed E-state index contributed by atoms with van der Waals surface area (Å²) in [6.07, 6.45) is 0. The molecular formula is C13H12F2N4O. The number of hydrazine groups is 1. The number of anilines is 1. The lowest BCUT2D eigenvalue weighted by Gasteiger charge is -2.08. The van der Waals surface area contributed by atoms with Crippen LogP contribution in [-0.4, -0.2) is 15.9 Å². The summed E-state index contributed by atoms with van der Waals surface area (Å²) in [5.74, 6) is -2.13. The van der Waals surface area contributed by atoms with Crippen LogP contribution in [0.25, 0.3) is 0 Å². The number of aromatic nitrogens is 2. The summed E-state index contributed by atoms with van der Waals surface area (Å²) in [7, 11) is 0. The van der Waals surface area contributed by atoms with E-state index in [0.29, 0.717) is 6.07 Å². The summed E-state index contributed by atoms with van der Waals surface area (Å²) in [4.78, 5) is 19.8. The second-order valence-electron chi connectivity index (χ2n) is 4.21. The SMILES string of the molecule is Cc1cc(C)nc(NNC(=O)c2cc(F)cc(F)c2)n1. The Morgan fingerprint density at radius 1 is 1.00 bits per heavy atom. The average Bonchev–Trinajstić information content (AvgIpc) is 2.33. The van der Waals surface area contributed by atoms with Crippen LogP contribution in [0.3, 0.4) is 0 Å².